The Morgan fingerprint density at radius 3 is 2.11 bits per heavy atom. The molecule has 298 valence electrons. The van der Waals surface area contributed by atoms with Crippen LogP contribution in [0.3, 0.4) is 0 Å². The molecule has 57 heavy (non-hydrogen) atoms. The first kappa shape index (κ1) is 39.3. The molecule has 8 rings (SSSR count). The summed E-state index contributed by atoms with van der Waals surface area (Å²) in [7, 11) is -5.90. The number of fused-ring (bicyclic) bond motifs is 3. The third-order valence-electron chi connectivity index (χ3n) is 12.5. The molecule has 5 aromatic rings. The van der Waals surface area contributed by atoms with E-state index in [-0.39, 0.29) is 15.9 Å². The Morgan fingerprint density at radius 1 is 0.930 bits per heavy atom. The van der Waals surface area contributed by atoms with Crippen LogP contribution in [0.25, 0.3) is 0 Å². The van der Waals surface area contributed by atoms with Crippen LogP contribution in [0.5, 0.6) is 5.88 Å². The van der Waals surface area contributed by atoms with Crippen LogP contribution in [0.15, 0.2) is 113 Å². The largest absolute Gasteiger partial charge is 0.469 e. The molecule has 9 nitrogen and oxygen atoms in total. The van der Waals surface area contributed by atoms with Crippen LogP contribution in [0, 0.1) is 0 Å². The lowest BCUT2D eigenvalue weighted by Gasteiger charge is -2.37. The molecule has 2 aliphatic carbocycles. The van der Waals surface area contributed by atoms with Crippen LogP contribution in [-0.2, 0) is 45.7 Å². The van der Waals surface area contributed by atoms with E-state index < -0.39 is 35.4 Å². The van der Waals surface area contributed by atoms with Crippen molar-refractivity contribution < 1.29 is 18.2 Å². The summed E-state index contributed by atoms with van der Waals surface area (Å²) in [4.78, 5) is 15.0. The summed E-state index contributed by atoms with van der Waals surface area (Å²) >= 11 is 0. The topological polar surface area (TPSA) is 107 Å². The minimum absolute atomic E-state index is 0.0804. The number of carbonyl (C=O) groups is 1. The van der Waals surface area contributed by atoms with Gasteiger partial charge in [0, 0.05) is 18.2 Å². The second kappa shape index (κ2) is 14.7. The molecule has 0 saturated heterocycles. The van der Waals surface area contributed by atoms with Gasteiger partial charge in [-0.3, -0.25) is 0 Å². The van der Waals surface area contributed by atoms with Gasteiger partial charge in [-0.1, -0.05) is 118 Å². The van der Waals surface area contributed by atoms with E-state index in [4.69, 9.17) is 13.5 Å². The summed E-state index contributed by atoms with van der Waals surface area (Å²) in [6, 6.07) is 31.4. The summed E-state index contributed by atoms with van der Waals surface area (Å²) in [6.07, 6.45) is 6.26. The highest BCUT2D eigenvalue weighted by molar-refractivity contribution is 7.92. The SMILES string of the molecule is CC1(C)Cn2ncc([S@@](=O)(=NC(=O)Nc3c4c(cc5c3[C@H](CO[Si](C)(C)C(C)(C)C)CC5)CCC4)NC(c3ccccc3)(c3ccccc3)c3ccccc3)c2O1. The highest BCUT2D eigenvalue weighted by Gasteiger charge is 2.44. The quantitative estimate of drug-likeness (QED) is 0.108. The second-order valence-corrected chi connectivity index (χ2v) is 24.6. The molecule has 2 amide bonds. The fraction of sp³-hybridized carbons (Fsp3) is 0.391. The number of hydrogen-bond acceptors (Lipinski definition) is 5. The van der Waals surface area contributed by atoms with Gasteiger partial charge in [-0.05, 0) is 103 Å². The molecule has 0 bridgehead atoms. The van der Waals surface area contributed by atoms with Crippen molar-refractivity contribution in [1.29, 1.82) is 0 Å². The number of nitrogens with one attached hydrogen (secondary N) is 2. The van der Waals surface area contributed by atoms with Gasteiger partial charge in [-0.25, -0.2) is 18.4 Å². The summed E-state index contributed by atoms with van der Waals surface area (Å²) < 4.78 is 39.6. The van der Waals surface area contributed by atoms with Crippen LogP contribution >= 0.6 is 0 Å². The lowest BCUT2D eigenvalue weighted by Crippen LogP contribution is -2.48. The average Bonchev–Trinajstić information content (AvgIpc) is 3.97. The Morgan fingerprint density at radius 2 is 1.53 bits per heavy atom. The first-order valence-corrected chi connectivity index (χ1v) is 24.6. The number of aryl methyl sites for hydroxylation is 2. The van der Waals surface area contributed by atoms with Crippen molar-refractivity contribution in [2.24, 2.45) is 4.36 Å². The van der Waals surface area contributed by atoms with Crippen LogP contribution < -0.4 is 14.8 Å². The maximum Gasteiger partial charge on any atom is 0.354 e. The van der Waals surface area contributed by atoms with E-state index in [1.54, 1.807) is 4.68 Å². The Hall–Kier alpha value is -4.55. The molecule has 1 aliphatic heterocycles. The average molecular weight is 802 g/mol. The van der Waals surface area contributed by atoms with Crippen molar-refractivity contribution in [3.8, 4) is 5.88 Å². The molecule has 11 heteroatoms. The number of ether oxygens (including phenoxy) is 1. The van der Waals surface area contributed by atoms with Gasteiger partial charge >= 0.3 is 6.03 Å². The van der Waals surface area contributed by atoms with E-state index >= 15 is 4.21 Å². The van der Waals surface area contributed by atoms with Gasteiger partial charge in [-0.2, -0.15) is 5.10 Å². The maximum absolute atomic E-state index is 16.3. The number of nitrogens with zero attached hydrogens (tertiary/aromatic N) is 3. The van der Waals surface area contributed by atoms with Gasteiger partial charge in [0.2, 0.25) is 5.88 Å². The zero-order chi connectivity index (χ0) is 40.2. The third kappa shape index (κ3) is 7.28. The van der Waals surface area contributed by atoms with E-state index in [2.05, 4.69) is 55.1 Å². The first-order valence-electron chi connectivity index (χ1n) is 20.2. The fourth-order valence-corrected chi connectivity index (χ4v) is 11.5. The predicted molar refractivity (Wildman–Crippen MR) is 230 cm³/mol. The first-order chi connectivity index (χ1) is 27.1. The molecule has 2 N–H and O–H groups in total. The number of carbonyl (C=O) groups excluding carboxylic acids is 1. The summed E-state index contributed by atoms with van der Waals surface area (Å²) in [5, 5.41) is 7.98. The predicted octanol–water partition coefficient (Wildman–Crippen LogP) is 10.2. The standard InChI is InChI=1S/C46H55N5O4SSi/c1-44(2,3)57(6,7)54-30-34-27-26-33-28-32-18-17-25-38(32)41(40(33)34)48-43(52)49-56(53,39-29-47-51-31-45(4,5)55-42(39)51)50-46(35-19-11-8-12-20-35,36-21-13-9-14-22-36)37-23-15-10-16-24-37/h8-16,19-24,28-29,34H,17-18,25-27,30-31H2,1-7H3,(H2,48,49,50,52,53)/t34-,56+/m0/s1. The number of rotatable bonds is 10. The van der Waals surface area contributed by atoms with Gasteiger partial charge in [0.05, 0.1) is 12.7 Å². The Labute approximate surface area is 339 Å². The van der Waals surface area contributed by atoms with Gasteiger partial charge in [0.1, 0.15) is 16.0 Å². The monoisotopic (exact) mass is 801 g/mol. The van der Waals surface area contributed by atoms with Crippen LogP contribution in [0.1, 0.15) is 92.3 Å². The van der Waals surface area contributed by atoms with Crippen LogP contribution in [0.2, 0.25) is 18.1 Å². The van der Waals surface area contributed by atoms with Crippen molar-refractivity contribution in [3.05, 3.63) is 142 Å². The van der Waals surface area contributed by atoms with Crippen molar-refractivity contribution in [2.75, 3.05) is 11.9 Å². The molecule has 2 heterocycles. The lowest BCUT2D eigenvalue weighted by molar-refractivity contribution is 0.132. The Kier molecular flexibility index (Phi) is 10.1. The van der Waals surface area contributed by atoms with Gasteiger partial charge < -0.3 is 14.5 Å². The minimum atomic E-state index is -3.87. The number of urea groups is 1. The molecule has 2 atom stereocenters. The number of amides is 2. The zero-order valence-electron chi connectivity index (χ0n) is 34.2. The number of hydrogen-bond donors (Lipinski definition) is 2. The van der Waals surface area contributed by atoms with E-state index in [1.807, 2.05) is 105 Å². The van der Waals surface area contributed by atoms with E-state index in [0.717, 1.165) is 65.6 Å². The molecule has 0 radical (unpaired) electrons. The van der Waals surface area contributed by atoms with Crippen LogP contribution in [0.4, 0.5) is 10.5 Å². The molecule has 0 saturated carbocycles. The fourth-order valence-electron chi connectivity index (χ4n) is 8.54. The molecule has 0 spiro atoms. The van der Waals surface area contributed by atoms with E-state index in [1.165, 1.54) is 17.3 Å². The second-order valence-electron chi connectivity index (χ2n) is 18.0. The van der Waals surface area contributed by atoms with Gasteiger partial charge in [0.25, 0.3) is 0 Å². The highest BCUT2D eigenvalue weighted by atomic mass is 32.2. The van der Waals surface area contributed by atoms with Crippen molar-refractivity contribution in [3.63, 3.8) is 0 Å². The minimum Gasteiger partial charge on any atom is -0.469 e. The molecular weight excluding hydrogens is 747 g/mol. The van der Waals surface area contributed by atoms with Crippen molar-refractivity contribution >= 4 is 30.0 Å². The highest BCUT2D eigenvalue weighted by Crippen LogP contribution is 2.47. The van der Waals surface area contributed by atoms with Gasteiger partial charge in [0.15, 0.2) is 18.2 Å². The molecule has 4 aromatic carbocycles. The van der Waals surface area contributed by atoms with E-state index in [0.29, 0.717) is 19.0 Å². The van der Waals surface area contributed by atoms with E-state index in [9.17, 15) is 4.79 Å². The maximum atomic E-state index is 16.3. The molecule has 0 unspecified atom stereocenters. The summed E-state index contributed by atoms with van der Waals surface area (Å²) in [5.74, 6) is 0.468. The van der Waals surface area contributed by atoms with Crippen molar-refractivity contribution in [1.82, 2.24) is 14.5 Å². The molecule has 0 fully saturated rings. The third-order valence-corrected chi connectivity index (χ3v) is 18.8. The smallest absolute Gasteiger partial charge is 0.354 e. The normalized spacial score (nSPS) is 18.3. The molecule has 1 aromatic heterocycles. The van der Waals surface area contributed by atoms with Gasteiger partial charge in [-0.15, -0.1) is 4.36 Å². The van der Waals surface area contributed by atoms with Crippen molar-refractivity contribution in [2.45, 2.75) is 113 Å². The Balaban J connectivity index is 1.28. The molecule has 3 aliphatic rings. The zero-order valence-corrected chi connectivity index (χ0v) is 36.0. The molecular formula is C46H55N5O4SSi. The Bertz CT molecular complexity index is 2320. The summed E-state index contributed by atoms with van der Waals surface area (Å²) in [5.41, 5.74) is 6.33. The lowest BCUT2D eigenvalue weighted by atomic mass is 9.78. The summed E-state index contributed by atoms with van der Waals surface area (Å²) in [6.45, 7) is 16.4. The van der Waals surface area contributed by atoms with Crippen LogP contribution in [-0.4, -0.2) is 40.5 Å². The number of aromatic nitrogens is 2. The number of anilines is 1. The number of benzene rings is 4.